The van der Waals surface area contributed by atoms with Crippen LogP contribution in [-0.2, 0) is 24.4 Å². The average Bonchev–Trinajstić information content (AvgIpc) is 3.78. The van der Waals surface area contributed by atoms with E-state index in [4.69, 9.17) is 5.73 Å². The highest BCUT2D eigenvalue weighted by atomic mass is 32.2. The zero-order chi connectivity index (χ0) is 27.8. The number of carbonyl (C=O) groups is 3. The third kappa shape index (κ3) is 8.31. The summed E-state index contributed by atoms with van der Waals surface area (Å²) in [5.41, 5.74) is 6.17. The van der Waals surface area contributed by atoms with Crippen LogP contribution in [0.1, 0.15) is 71.6 Å². The van der Waals surface area contributed by atoms with Crippen LogP contribution in [-0.4, -0.2) is 54.9 Å². The Labute approximate surface area is 226 Å². The first-order valence-electron chi connectivity index (χ1n) is 13.7. The highest BCUT2D eigenvalue weighted by Gasteiger charge is 2.52. The van der Waals surface area contributed by atoms with Gasteiger partial charge in [0.1, 0.15) is 6.04 Å². The fourth-order valence-electron chi connectivity index (χ4n) is 4.48. The highest BCUT2D eigenvalue weighted by molar-refractivity contribution is 7.91. The van der Waals surface area contributed by atoms with Gasteiger partial charge in [-0.15, -0.1) is 0 Å². The summed E-state index contributed by atoms with van der Waals surface area (Å²) in [7, 11) is -3.47. The van der Waals surface area contributed by atoms with E-state index in [9.17, 15) is 22.8 Å². The van der Waals surface area contributed by atoms with Crippen LogP contribution in [0.25, 0.3) is 0 Å². The molecular formula is C28H42N4O5S. The van der Waals surface area contributed by atoms with Crippen LogP contribution in [0, 0.1) is 11.8 Å². The predicted molar refractivity (Wildman–Crippen MR) is 148 cm³/mol. The van der Waals surface area contributed by atoms with E-state index in [1.165, 1.54) is 19.3 Å². The normalized spacial score (nSPS) is 23.3. The summed E-state index contributed by atoms with van der Waals surface area (Å²) >= 11 is 0. The van der Waals surface area contributed by atoms with Crippen LogP contribution in [0.5, 0.6) is 0 Å². The van der Waals surface area contributed by atoms with Gasteiger partial charge in [0.25, 0.3) is 0 Å². The largest absolute Gasteiger partial charge is 0.376 e. The Morgan fingerprint density at radius 3 is 2.50 bits per heavy atom. The van der Waals surface area contributed by atoms with Gasteiger partial charge >= 0.3 is 0 Å². The molecule has 0 spiro atoms. The molecule has 2 saturated carbocycles. The Balaban J connectivity index is 0.000000212. The SMILES string of the molecule is CCCCC/C=C\C1CC1C(=O)NS(=O)(=O)C1(C)CC1.NC(=O)C1CCCN1C(=O)CNc1ccccc1. The standard InChI is InChI=1S/C15H25NO3S.C13H17N3O2/c1-3-4-5-6-7-8-12-11-13(12)14(17)16-20(18,19)15(2)9-10-15;14-13(18)11-7-4-8-16(11)12(17)9-15-10-5-2-1-3-6-10/h7-8,12-13H,3-6,9-11H2,1-2H3,(H,16,17);1-3,5-6,11,15H,4,7-9H2,(H2,14,18)/b8-7-;. The van der Waals surface area contributed by atoms with Crippen molar-refractivity contribution in [3.8, 4) is 0 Å². The lowest BCUT2D eigenvalue weighted by atomic mass is 10.2. The summed E-state index contributed by atoms with van der Waals surface area (Å²) in [5, 5.41) is 3.04. The molecule has 4 N–H and O–H groups in total. The molecule has 1 aliphatic heterocycles. The molecule has 3 aliphatic rings. The maximum atomic E-state index is 12.0. The van der Waals surface area contributed by atoms with Crippen molar-refractivity contribution in [3.05, 3.63) is 42.5 Å². The van der Waals surface area contributed by atoms with Crippen molar-refractivity contribution >= 4 is 33.4 Å². The summed E-state index contributed by atoms with van der Waals surface area (Å²) in [6.45, 7) is 4.67. The fourth-order valence-corrected chi connectivity index (χ4v) is 5.79. The van der Waals surface area contributed by atoms with E-state index in [0.29, 0.717) is 25.8 Å². The van der Waals surface area contributed by atoms with Gasteiger partial charge in [-0.3, -0.25) is 19.1 Å². The second-order valence-corrected chi connectivity index (χ2v) is 12.9. The fraction of sp³-hybridized carbons (Fsp3) is 0.607. The number of unbranched alkanes of at least 4 members (excludes halogenated alkanes) is 3. The third-order valence-electron chi connectivity index (χ3n) is 7.49. The minimum absolute atomic E-state index is 0.0832. The van der Waals surface area contributed by atoms with Gasteiger partial charge in [-0.1, -0.05) is 50.1 Å². The number of allylic oxidation sites excluding steroid dienone is 2. The van der Waals surface area contributed by atoms with Gasteiger partial charge in [0.15, 0.2) is 0 Å². The van der Waals surface area contributed by atoms with E-state index in [2.05, 4.69) is 29.1 Å². The third-order valence-corrected chi connectivity index (χ3v) is 9.67. The lowest BCUT2D eigenvalue weighted by Gasteiger charge is -2.22. The highest BCUT2D eigenvalue weighted by Crippen LogP contribution is 2.44. The molecule has 3 fully saturated rings. The first-order valence-corrected chi connectivity index (χ1v) is 15.2. The molecule has 0 bridgehead atoms. The molecule has 10 heteroatoms. The van der Waals surface area contributed by atoms with Crippen molar-refractivity contribution < 1.29 is 22.8 Å². The van der Waals surface area contributed by atoms with E-state index in [1.807, 2.05) is 30.3 Å². The van der Waals surface area contributed by atoms with Crippen LogP contribution < -0.4 is 15.8 Å². The molecule has 210 valence electrons. The van der Waals surface area contributed by atoms with E-state index in [0.717, 1.165) is 24.9 Å². The van der Waals surface area contributed by atoms with Crippen molar-refractivity contribution in [2.45, 2.75) is 82.4 Å². The lowest BCUT2D eigenvalue weighted by Crippen LogP contribution is -2.45. The topological polar surface area (TPSA) is 139 Å². The van der Waals surface area contributed by atoms with Gasteiger partial charge in [-0.2, -0.15) is 0 Å². The number of nitrogens with one attached hydrogen (secondary N) is 2. The predicted octanol–water partition coefficient (Wildman–Crippen LogP) is 3.33. The lowest BCUT2D eigenvalue weighted by molar-refractivity contribution is -0.135. The van der Waals surface area contributed by atoms with Crippen LogP contribution >= 0.6 is 0 Å². The minimum Gasteiger partial charge on any atom is -0.376 e. The molecule has 9 nitrogen and oxygen atoms in total. The Morgan fingerprint density at radius 2 is 1.87 bits per heavy atom. The Kier molecular flexibility index (Phi) is 10.4. The zero-order valence-corrected chi connectivity index (χ0v) is 23.3. The van der Waals surface area contributed by atoms with Crippen LogP contribution in [0.3, 0.4) is 0 Å². The number of sulfonamides is 1. The number of rotatable bonds is 12. The summed E-state index contributed by atoms with van der Waals surface area (Å²) in [6, 6.07) is 9.06. The molecule has 1 heterocycles. The molecule has 2 aliphatic carbocycles. The van der Waals surface area contributed by atoms with E-state index >= 15 is 0 Å². The van der Waals surface area contributed by atoms with Gasteiger partial charge in [0.2, 0.25) is 27.7 Å². The number of likely N-dealkylation sites (tertiary alicyclic amines) is 1. The first-order chi connectivity index (χ1) is 18.1. The van der Waals surface area contributed by atoms with Crippen LogP contribution in [0.4, 0.5) is 5.69 Å². The summed E-state index contributed by atoms with van der Waals surface area (Å²) in [4.78, 5) is 36.7. The smallest absolute Gasteiger partial charge is 0.242 e. The van der Waals surface area contributed by atoms with Gasteiger partial charge in [0.05, 0.1) is 11.3 Å². The number of amides is 3. The number of anilines is 1. The number of primary amides is 1. The molecule has 3 unspecified atom stereocenters. The maximum Gasteiger partial charge on any atom is 0.242 e. The number of nitrogens with two attached hydrogens (primary N) is 1. The molecule has 1 aromatic carbocycles. The van der Waals surface area contributed by atoms with Crippen LogP contribution in [0.15, 0.2) is 42.5 Å². The maximum absolute atomic E-state index is 12.0. The van der Waals surface area contributed by atoms with Gasteiger partial charge < -0.3 is 16.0 Å². The number of carbonyl (C=O) groups excluding carboxylic acids is 3. The van der Waals surface area contributed by atoms with E-state index in [1.54, 1.807) is 11.8 Å². The number of hydrogen-bond acceptors (Lipinski definition) is 6. The number of nitrogens with zero attached hydrogens (tertiary/aromatic N) is 1. The van der Waals surface area contributed by atoms with Gasteiger partial charge in [0, 0.05) is 18.2 Å². The molecule has 1 aromatic rings. The monoisotopic (exact) mass is 546 g/mol. The molecule has 3 amide bonds. The molecule has 38 heavy (non-hydrogen) atoms. The quantitative estimate of drug-likeness (QED) is 0.272. The Hall–Kier alpha value is -2.88. The van der Waals surface area contributed by atoms with Crippen molar-refractivity contribution in [1.29, 1.82) is 0 Å². The summed E-state index contributed by atoms with van der Waals surface area (Å²) in [6.07, 6.45) is 12.5. The summed E-state index contributed by atoms with van der Waals surface area (Å²) < 4.78 is 25.4. The first kappa shape index (κ1) is 29.7. The van der Waals surface area contributed by atoms with Gasteiger partial charge in [-0.25, -0.2) is 8.42 Å². The average molecular weight is 547 g/mol. The molecule has 1 saturated heterocycles. The van der Waals surface area contributed by atoms with Gasteiger partial charge in [-0.05, 0) is 69.9 Å². The second kappa shape index (κ2) is 13.3. The molecule has 4 rings (SSSR count). The van der Waals surface area contributed by atoms with E-state index < -0.39 is 26.7 Å². The Morgan fingerprint density at radius 1 is 1.16 bits per heavy atom. The van der Waals surface area contributed by atoms with Crippen molar-refractivity contribution in [3.63, 3.8) is 0 Å². The minimum atomic E-state index is -3.47. The zero-order valence-electron chi connectivity index (χ0n) is 22.5. The van der Waals surface area contributed by atoms with Crippen molar-refractivity contribution in [2.24, 2.45) is 17.6 Å². The number of hydrogen-bond donors (Lipinski definition) is 3. The second-order valence-electron chi connectivity index (χ2n) is 10.7. The molecule has 3 atom stereocenters. The van der Waals surface area contributed by atoms with E-state index in [-0.39, 0.29) is 30.2 Å². The van der Waals surface area contributed by atoms with Crippen molar-refractivity contribution in [2.75, 3.05) is 18.4 Å². The number of benzene rings is 1. The molecule has 0 aromatic heterocycles. The van der Waals surface area contributed by atoms with Crippen molar-refractivity contribution in [1.82, 2.24) is 9.62 Å². The van der Waals surface area contributed by atoms with Crippen LogP contribution in [0.2, 0.25) is 0 Å². The molecule has 0 radical (unpaired) electrons. The summed E-state index contributed by atoms with van der Waals surface area (Å²) in [5.74, 6) is -0.726. The number of para-hydroxylation sites is 1. The molecular weight excluding hydrogens is 504 g/mol. The Bertz CT molecular complexity index is 1100.